The molecule has 3 nitrogen and oxygen atoms in total. The molecule has 3 aromatic rings. The molecule has 0 saturated heterocycles. The summed E-state index contributed by atoms with van der Waals surface area (Å²) in [4.78, 5) is 13.4. The van der Waals surface area contributed by atoms with E-state index >= 15 is 0 Å². The molecule has 5 heteroatoms. The normalized spacial score (nSPS) is 11.7. The van der Waals surface area contributed by atoms with Gasteiger partial charge in [0.1, 0.15) is 5.75 Å². The van der Waals surface area contributed by atoms with Gasteiger partial charge in [-0.15, -0.1) is 11.3 Å². The predicted molar refractivity (Wildman–Crippen MR) is 100 cm³/mol. The van der Waals surface area contributed by atoms with E-state index in [1.807, 2.05) is 72.1 Å². The molecule has 1 N–H and O–H groups in total. The maximum Gasteiger partial charge on any atom is 0.258 e. The topological polar surface area (TPSA) is 38.3 Å². The number of rotatable bonds is 6. The number of benzene rings is 2. The van der Waals surface area contributed by atoms with Gasteiger partial charge in [0.15, 0.2) is 6.61 Å². The van der Waals surface area contributed by atoms with Crippen molar-refractivity contribution in [1.82, 2.24) is 5.32 Å². The molecular weight excluding hydrogens is 386 g/mol. The number of halogens is 1. The number of nitrogens with one attached hydrogen (secondary N) is 1. The number of thiophene rings is 1. The van der Waals surface area contributed by atoms with E-state index in [9.17, 15) is 4.79 Å². The molecular formula is C19H16BrNO2S. The van der Waals surface area contributed by atoms with Crippen molar-refractivity contribution in [3.8, 4) is 5.75 Å². The zero-order chi connectivity index (χ0) is 16.8. The van der Waals surface area contributed by atoms with Crippen LogP contribution in [0.1, 0.15) is 16.5 Å². The SMILES string of the molecule is O=C(COc1ccc(Br)cc1)N[C@@H](c1ccccc1)c1cccs1. The van der Waals surface area contributed by atoms with E-state index in [4.69, 9.17) is 4.74 Å². The maximum atomic E-state index is 12.3. The van der Waals surface area contributed by atoms with Crippen LogP contribution in [0.15, 0.2) is 76.6 Å². The summed E-state index contributed by atoms with van der Waals surface area (Å²) in [6.45, 7) is -0.0175. The Hall–Kier alpha value is -2.11. The number of carbonyl (C=O) groups is 1. The Morgan fingerprint density at radius 1 is 1.04 bits per heavy atom. The van der Waals surface area contributed by atoms with Crippen molar-refractivity contribution in [3.63, 3.8) is 0 Å². The molecule has 0 aliphatic heterocycles. The second-order valence-corrected chi connectivity index (χ2v) is 7.06. The zero-order valence-corrected chi connectivity index (χ0v) is 15.2. The van der Waals surface area contributed by atoms with E-state index < -0.39 is 0 Å². The molecule has 1 heterocycles. The second-order valence-electron chi connectivity index (χ2n) is 5.17. The van der Waals surface area contributed by atoms with E-state index in [-0.39, 0.29) is 18.6 Å². The Balaban J connectivity index is 1.66. The Morgan fingerprint density at radius 3 is 2.46 bits per heavy atom. The van der Waals surface area contributed by atoms with Gasteiger partial charge in [-0.3, -0.25) is 4.79 Å². The van der Waals surface area contributed by atoms with Gasteiger partial charge in [-0.25, -0.2) is 0 Å². The van der Waals surface area contributed by atoms with E-state index in [1.165, 1.54) is 0 Å². The molecule has 0 fully saturated rings. The lowest BCUT2D eigenvalue weighted by molar-refractivity contribution is -0.123. The quantitative estimate of drug-likeness (QED) is 0.644. The average molecular weight is 402 g/mol. The first-order chi connectivity index (χ1) is 11.7. The molecule has 0 unspecified atom stereocenters. The monoisotopic (exact) mass is 401 g/mol. The van der Waals surface area contributed by atoms with Gasteiger partial charge in [0.25, 0.3) is 5.91 Å². The fourth-order valence-electron chi connectivity index (χ4n) is 2.30. The number of carbonyl (C=O) groups excluding carboxylic acids is 1. The third-order valence-electron chi connectivity index (χ3n) is 3.45. The fraction of sp³-hybridized carbons (Fsp3) is 0.105. The second kappa shape index (κ2) is 8.13. The molecule has 3 rings (SSSR count). The van der Waals surface area contributed by atoms with Gasteiger partial charge in [0.05, 0.1) is 6.04 Å². The molecule has 1 aromatic heterocycles. The van der Waals surface area contributed by atoms with Gasteiger partial charge in [-0.1, -0.05) is 52.3 Å². The highest BCUT2D eigenvalue weighted by Gasteiger charge is 2.17. The molecule has 1 atom stereocenters. The Morgan fingerprint density at radius 2 is 1.79 bits per heavy atom. The average Bonchev–Trinajstić information content (AvgIpc) is 3.14. The maximum absolute atomic E-state index is 12.3. The predicted octanol–water partition coefficient (Wildman–Crippen LogP) is 4.80. The van der Waals surface area contributed by atoms with Gasteiger partial charge < -0.3 is 10.1 Å². The highest BCUT2D eigenvalue weighted by molar-refractivity contribution is 9.10. The third kappa shape index (κ3) is 4.46. The minimum Gasteiger partial charge on any atom is -0.484 e. The van der Waals surface area contributed by atoms with Gasteiger partial charge in [-0.2, -0.15) is 0 Å². The summed E-state index contributed by atoms with van der Waals surface area (Å²) in [5, 5.41) is 5.06. The molecule has 122 valence electrons. The lowest BCUT2D eigenvalue weighted by atomic mass is 10.1. The van der Waals surface area contributed by atoms with Gasteiger partial charge >= 0.3 is 0 Å². The molecule has 24 heavy (non-hydrogen) atoms. The summed E-state index contributed by atoms with van der Waals surface area (Å²) in [5.41, 5.74) is 1.05. The minimum atomic E-state index is -0.160. The molecule has 0 bridgehead atoms. The van der Waals surface area contributed by atoms with Crippen molar-refractivity contribution in [2.24, 2.45) is 0 Å². The highest BCUT2D eigenvalue weighted by Crippen LogP contribution is 2.25. The molecule has 0 spiro atoms. The number of ether oxygens (including phenoxy) is 1. The van der Waals surface area contributed by atoms with Crippen LogP contribution in [0.2, 0.25) is 0 Å². The standard InChI is InChI=1S/C19H16BrNO2S/c20-15-8-10-16(11-9-15)23-13-18(22)21-19(17-7-4-12-24-17)14-5-2-1-3-6-14/h1-12,19H,13H2,(H,21,22)/t19-/m0/s1. The van der Waals surface area contributed by atoms with Crippen molar-refractivity contribution < 1.29 is 9.53 Å². The highest BCUT2D eigenvalue weighted by atomic mass is 79.9. The van der Waals surface area contributed by atoms with Crippen molar-refractivity contribution in [2.45, 2.75) is 6.04 Å². The van der Waals surface area contributed by atoms with E-state index in [0.717, 1.165) is 14.9 Å². The lowest BCUT2D eigenvalue weighted by Crippen LogP contribution is -2.32. The van der Waals surface area contributed by atoms with E-state index in [2.05, 4.69) is 21.2 Å². The number of hydrogen-bond acceptors (Lipinski definition) is 3. The van der Waals surface area contributed by atoms with Crippen LogP contribution in [0.5, 0.6) is 5.75 Å². The summed E-state index contributed by atoms with van der Waals surface area (Å²) >= 11 is 5.00. The largest absolute Gasteiger partial charge is 0.484 e. The van der Waals surface area contributed by atoms with Crippen molar-refractivity contribution in [2.75, 3.05) is 6.61 Å². The molecule has 0 aliphatic carbocycles. The summed E-state index contributed by atoms with van der Waals surface area (Å²) in [6.07, 6.45) is 0. The van der Waals surface area contributed by atoms with Gasteiger partial charge in [0, 0.05) is 9.35 Å². The zero-order valence-electron chi connectivity index (χ0n) is 12.8. The van der Waals surface area contributed by atoms with Crippen LogP contribution < -0.4 is 10.1 Å². The molecule has 2 aromatic carbocycles. The van der Waals surface area contributed by atoms with Crippen LogP contribution in [0.25, 0.3) is 0 Å². The summed E-state index contributed by atoms with van der Waals surface area (Å²) in [5.74, 6) is 0.515. The summed E-state index contributed by atoms with van der Waals surface area (Å²) in [6, 6.07) is 21.2. The molecule has 0 aliphatic rings. The van der Waals surface area contributed by atoms with E-state index in [0.29, 0.717) is 5.75 Å². The summed E-state index contributed by atoms with van der Waals surface area (Å²) in [7, 11) is 0. The van der Waals surface area contributed by atoms with Crippen LogP contribution in [0.4, 0.5) is 0 Å². The third-order valence-corrected chi connectivity index (χ3v) is 4.92. The van der Waals surface area contributed by atoms with E-state index in [1.54, 1.807) is 11.3 Å². The Labute approximate surface area is 153 Å². The van der Waals surface area contributed by atoms with Crippen molar-refractivity contribution in [3.05, 3.63) is 87.0 Å². The Bertz CT molecular complexity index is 773. The van der Waals surface area contributed by atoms with Crippen LogP contribution >= 0.6 is 27.3 Å². The molecule has 0 radical (unpaired) electrons. The fourth-order valence-corrected chi connectivity index (χ4v) is 3.37. The van der Waals surface area contributed by atoms with Crippen LogP contribution in [-0.2, 0) is 4.79 Å². The van der Waals surface area contributed by atoms with Crippen LogP contribution in [0, 0.1) is 0 Å². The van der Waals surface area contributed by atoms with Crippen molar-refractivity contribution >= 4 is 33.2 Å². The van der Waals surface area contributed by atoms with Gasteiger partial charge in [0.2, 0.25) is 0 Å². The smallest absolute Gasteiger partial charge is 0.258 e. The first-order valence-corrected chi connectivity index (χ1v) is 9.16. The molecule has 0 saturated carbocycles. The van der Waals surface area contributed by atoms with Crippen LogP contribution in [0.3, 0.4) is 0 Å². The number of hydrogen-bond donors (Lipinski definition) is 1. The lowest BCUT2D eigenvalue weighted by Gasteiger charge is -2.18. The van der Waals surface area contributed by atoms with Crippen LogP contribution in [-0.4, -0.2) is 12.5 Å². The van der Waals surface area contributed by atoms with Crippen molar-refractivity contribution in [1.29, 1.82) is 0 Å². The minimum absolute atomic E-state index is 0.0175. The Kier molecular flexibility index (Phi) is 5.67. The summed E-state index contributed by atoms with van der Waals surface area (Å²) < 4.78 is 6.52. The first-order valence-electron chi connectivity index (χ1n) is 7.48. The van der Waals surface area contributed by atoms with Gasteiger partial charge in [-0.05, 0) is 41.3 Å². The first kappa shape index (κ1) is 16.7. The number of amides is 1. The molecule has 1 amide bonds.